The highest BCUT2D eigenvalue weighted by Gasteiger charge is 2.33. The lowest BCUT2D eigenvalue weighted by molar-refractivity contribution is -0.126. The number of hydrogen-bond acceptors (Lipinski definition) is 5. The molecule has 0 aliphatic carbocycles. The summed E-state index contributed by atoms with van der Waals surface area (Å²) in [6, 6.07) is 14.2. The van der Waals surface area contributed by atoms with Crippen LogP contribution in [0.4, 0.5) is 5.69 Å². The van der Waals surface area contributed by atoms with Crippen LogP contribution in [0.3, 0.4) is 0 Å². The predicted molar refractivity (Wildman–Crippen MR) is 118 cm³/mol. The molecular weight excluding hydrogens is 416 g/mol. The Morgan fingerprint density at radius 1 is 1.29 bits per heavy atom. The van der Waals surface area contributed by atoms with Gasteiger partial charge in [0.15, 0.2) is 0 Å². The number of carbonyl (C=O) groups excluding carboxylic acids is 2. The van der Waals surface area contributed by atoms with Crippen LogP contribution < -0.4 is 10.1 Å². The summed E-state index contributed by atoms with van der Waals surface area (Å²) in [5.74, 6) is 0.135. The molecule has 1 aliphatic rings. The Morgan fingerprint density at radius 2 is 2.04 bits per heavy atom. The SMILES string of the molecule is CCOc1ccc(C=C2SC(=S)N(CC(=O)Nc3cccc(Cl)c3)C2=O)cc1. The number of thiocarbonyl (C=S) groups is 1. The summed E-state index contributed by atoms with van der Waals surface area (Å²) in [6.07, 6.45) is 1.75. The molecule has 0 bridgehead atoms. The van der Waals surface area contributed by atoms with Gasteiger partial charge in [0.05, 0.1) is 11.5 Å². The first kappa shape index (κ1) is 20.4. The van der Waals surface area contributed by atoms with Crippen molar-refractivity contribution in [3.63, 3.8) is 0 Å². The number of anilines is 1. The number of ether oxygens (including phenoxy) is 1. The fourth-order valence-corrected chi connectivity index (χ4v) is 3.97. The molecule has 5 nitrogen and oxygen atoms in total. The number of nitrogens with zero attached hydrogens (tertiary/aromatic N) is 1. The zero-order chi connectivity index (χ0) is 20.1. The van der Waals surface area contributed by atoms with Crippen molar-refractivity contribution in [3.05, 3.63) is 64.0 Å². The van der Waals surface area contributed by atoms with Gasteiger partial charge in [-0.15, -0.1) is 0 Å². The van der Waals surface area contributed by atoms with E-state index in [1.165, 1.54) is 16.7 Å². The van der Waals surface area contributed by atoms with Crippen molar-refractivity contribution in [1.29, 1.82) is 0 Å². The van der Waals surface area contributed by atoms with Gasteiger partial charge in [-0.2, -0.15) is 0 Å². The third kappa shape index (κ3) is 5.13. The van der Waals surface area contributed by atoms with E-state index in [1.54, 1.807) is 30.3 Å². The maximum absolute atomic E-state index is 12.7. The molecule has 2 aromatic carbocycles. The average molecular weight is 433 g/mol. The topological polar surface area (TPSA) is 58.6 Å². The molecule has 1 aliphatic heterocycles. The van der Waals surface area contributed by atoms with Gasteiger partial charge < -0.3 is 10.1 Å². The third-order valence-electron chi connectivity index (χ3n) is 3.77. The number of rotatable bonds is 6. The molecule has 0 unspecified atom stereocenters. The van der Waals surface area contributed by atoms with Gasteiger partial charge in [-0.05, 0) is 48.9 Å². The normalized spacial score (nSPS) is 15.2. The zero-order valence-electron chi connectivity index (χ0n) is 15.0. The van der Waals surface area contributed by atoms with Crippen LogP contribution in [-0.2, 0) is 9.59 Å². The van der Waals surface area contributed by atoms with Gasteiger partial charge in [0.1, 0.15) is 16.6 Å². The molecule has 8 heteroatoms. The third-order valence-corrected chi connectivity index (χ3v) is 5.39. The molecule has 0 radical (unpaired) electrons. The summed E-state index contributed by atoms with van der Waals surface area (Å²) in [7, 11) is 0. The second-order valence-electron chi connectivity index (χ2n) is 5.83. The van der Waals surface area contributed by atoms with Crippen LogP contribution in [0.5, 0.6) is 5.75 Å². The minimum atomic E-state index is -0.346. The van der Waals surface area contributed by atoms with Gasteiger partial charge in [-0.25, -0.2) is 0 Å². The first-order valence-electron chi connectivity index (χ1n) is 8.50. The number of benzene rings is 2. The molecule has 1 N–H and O–H groups in total. The van der Waals surface area contributed by atoms with Crippen LogP contribution in [0.1, 0.15) is 12.5 Å². The summed E-state index contributed by atoms with van der Waals surface area (Å²) in [6.45, 7) is 2.36. The van der Waals surface area contributed by atoms with Crippen molar-refractivity contribution in [3.8, 4) is 5.75 Å². The Kier molecular flexibility index (Phi) is 6.72. The molecule has 1 fully saturated rings. The molecule has 28 heavy (non-hydrogen) atoms. The summed E-state index contributed by atoms with van der Waals surface area (Å²) in [4.78, 5) is 26.7. The number of halogens is 1. The molecule has 2 amide bonds. The molecule has 3 rings (SSSR count). The first-order valence-corrected chi connectivity index (χ1v) is 10.1. The zero-order valence-corrected chi connectivity index (χ0v) is 17.4. The van der Waals surface area contributed by atoms with Crippen molar-refractivity contribution in [2.75, 3.05) is 18.5 Å². The lowest BCUT2D eigenvalue weighted by atomic mass is 10.2. The molecule has 0 atom stereocenters. The molecule has 0 aromatic heterocycles. The predicted octanol–water partition coefficient (Wildman–Crippen LogP) is 4.58. The summed E-state index contributed by atoms with van der Waals surface area (Å²) in [5, 5.41) is 3.23. The van der Waals surface area contributed by atoms with Crippen molar-refractivity contribution < 1.29 is 14.3 Å². The Morgan fingerprint density at radius 3 is 2.71 bits per heavy atom. The second-order valence-corrected chi connectivity index (χ2v) is 7.94. The summed E-state index contributed by atoms with van der Waals surface area (Å²) in [5.41, 5.74) is 1.42. The number of thioether (sulfide) groups is 1. The minimum Gasteiger partial charge on any atom is -0.494 e. The smallest absolute Gasteiger partial charge is 0.266 e. The molecule has 0 spiro atoms. The van der Waals surface area contributed by atoms with E-state index in [9.17, 15) is 9.59 Å². The summed E-state index contributed by atoms with van der Waals surface area (Å²) < 4.78 is 5.76. The standard InChI is InChI=1S/C20H17ClN2O3S2/c1-2-26-16-8-6-13(7-9-16)10-17-19(25)23(20(27)28-17)12-18(24)22-15-5-3-4-14(21)11-15/h3-11H,2,12H2,1H3,(H,22,24). The van der Waals surface area contributed by atoms with Crippen molar-refractivity contribution in [1.82, 2.24) is 4.90 Å². The van der Waals surface area contributed by atoms with Crippen LogP contribution in [0.25, 0.3) is 6.08 Å². The van der Waals surface area contributed by atoms with E-state index in [4.69, 9.17) is 28.6 Å². The Hall–Kier alpha value is -2.35. The van der Waals surface area contributed by atoms with Crippen molar-refractivity contribution in [2.24, 2.45) is 0 Å². The second kappa shape index (κ2) is 9.23. The highest BCUT2D eigenvalue weighted by atomic mass is 35.5. The van der Waals surface area contributed by atoms with E-state index in [0.29, 0.717) is 26.5 Å². The van der Waals surface area contributed by atoms with Gasteiger partial charge in [0.25, 0.3) is 5.91 Å². The number of hydrogen-bond donors (Lipinski definition) is 1. The molecular formula is C20H17ClN2O3S2. The van der Waals surface area contributed by atoms with E-state index in [0.717, 1.165) is 11.3 Å². The van der Waals surface area contributed by atoms with Crippen LogP contribution >= 0.6 is 35.6 Å². The maximum Gasteiger partial charge on any atom is 0.266 e. The molecule has 144 valence electrons. The van der Waals surface area contributed by atoms with Crippen LogP contribution in [-0.4, -0.2) is 34.2 Å². The molecule has 1 saturated heterocycles. The maximum atomic E-state index is 12.7. The van der Waals surface area contributed by atoms with E-state index in [2.05, 4.69) is 5.32 Å². The fourth-order valence-electron chi connectivity index (χ4n) is 2.52. The van der Waals surface area contributed by atoms with E-state index >= 15 is 0 Å². The van der Waals surface area contributed by atoms with E-state index < -0.39 is 0 Å². The van der Waals surface area contributed by atoms with Crippen LogP contribution in [0.2, 0.25) is 5.02 Å². The number of nitrogens with one attached hydrogen (secondary N) is 1. The summed E-state index contributed by atoms with van der Waals surface area (Å²) >= 11 is 12.4. The average Bonchev–Trinajstić information content (AvgIpc) is 2.91. The lowest BCUT2D eigenvalue weighted by Crippen LogP contribution is -2.36. The number of amides is 2. The van der Waals surface area contributed by atoms with Gasteiger partial charge in [0, 0.05) is 10.7 Å². The Bertz CT molecular complexity index is 945. The Balaban J connectivity index is 1.66. The largest absolute Gasteiger partial charge is 0.494 e. The number of carbonyl (C=O) groups is 2. The fraction of sp³-hybridized carbons (Fsp3) is 0.150. The van der Waals surface area contributed by atoms with Gasteiger partial charge >= 0.3 is 0 Å². The molecule has 0 saturated carbocycles. The van der Waals surface area contributed by atoms with E-state index in [1.807, 2.05) is 31.2 Å². The van der Waals surface area contributed by atoms with Crippen LogP contribution in [0, 0.1) is 0 Å². The first-order chi connectivity index (χ1) is 13.5. The van der Waals surface area contributed by atoms with Gasteiger partial charge in [0.2, 0.25) is 5.91 Å². The highest BCUT2D eigenvalue weighted by Crippen LogP contribution is 2.32. The molecule has 1 heterocycles. The Labute approximate surface area is 177 Å². The van der Waals surface area contributed by atoms with Crippen molar-refractivity contribution >= 4 is 63.5 Å². The van der Waals surface area contributed by atoms with Crippen molar-refractivity contribution in [2.45, 2.75) is 6.92 Å². The quantitative estimate of drug-likeness (QED) is 0.535. The highest BCUT2D eigenvalue weighted by molar-refractivity contribution is 8.26. The van der Waals surface area contributed by atoms with E-state index in [-0.39, 0.29) is 18.4 Å². The van der Waals surface area contributed by atoms with Gasteiger partial charge in [-0.3, -0.25) is 14.5 Å². The minimum absolute atomic E-state index is 0.155. The monoisotopic (exact) mass is 432 g/mol. The lowest BCUT2D eigenvalue weighted by Gasteiger charge is -2.14. The van der Waals surface area contributed by atoms with Gasteiger partial charge in [-0.1, -0.05) is 53.8 Å². The van der Waals surface area contributed by atoms with Crippen LogP contribution in [0.15, 0.2) is 53.4 Å². The molecule has 2 aromatic rings.